The fourth-order valence-corrected chi connectivity index (χ4v) is 6.47. The largest absolute Gasteiger partial charge is 0.449 e. The van der Waals surface area contributed by atoms with Gasteiger partial charge in [0.1, 0.15) is 5.60 Å². The van der Waals surface area contributed by atoms with Crippen LogP contribution in [0.15, 0.2) is 60.7 Å². The number of carbonyl (C=O) groups is 2. The van der Waals surface area contributed by atoms with E-state index in [4.69, 9.17) is 14.5 Å². The maximum atomic E-state index is 13.4. The quantitative estimate of drug-likeness (QED) is 0.290. The van der Waals surface area contributed by atoms with Crippen molar-refractivity contribution >= 4 is 34.5 Å². The first-order chi connectivity index (χ1) is 19.7. The molecule has 1 N–H and O–H groups in total. The zero-order valence-corrected chi connectivity index (χ0v) is 25.0. The lowest BCUT2D eigenvalue weighted by Crippen LogP contribution is -2.50. The fourth-order valence-electron chi connectivity index (χ4n) is 5.43. The van der Waals surface area contributed by atoms with Crippen molar-refractivity contribution in [3.05, 3.63) is 66.2 Å². The Bertz CT molecular complexity index is 1300. The molecule has 8 nitrogen and oxygen atoms in total. The van der Waals surface area contributed by atoms with Gasteiger partial charge in [0.05, 0.1) is 11.5 Å². The number of ether oxygens (including phenoxy) is 2. The van der Waals surface area contributed by atoms with Crippen molar-refractivity contribution in [1.82, 2.24) is 9.88 Å². The Morgan fingerprint density at radius 3 is 2.27 bits per heavy atom. The number of nitrogens with zero attached hydrogens (tertiary/aromatic N) is 3. The summed E-state index contributed by atoms with van der Waals surface area (Å²) in [4.78, 5) is 36.0. The number of aromatic nitrogens is 1. The van der Waals surface area contributed by atoms with Crippen molar-refractivity contribution in [2.45, 2.75) is 58.5 Å². The highest BCUT2D eigenvalue weighted by Gasteiger charge is 2.40. The van der Waals surface area contributed by atoms with E-state index in [2.05, 4.69) is 22.3 Å². The number of amides is 2. The summed E-state index contributed by atoms with van der Waals surface area (Å²) < 4.78 is 11.5. The van der Waals surface area contributed by atoms with Gasteiger partial charge in [0.2, 0.25) is 0 Å². The van der Waals surface area contributed by atoms with Gasteiger partial charge in [0.15, 0.2) is 10.9 Å². The highest BCUT2D eigenvalue weighted by Crippen LogP contribution is 2.41. The van der Waals surface area contributed by atoms with E-state index in [1.54, 1.807) is 4.90 Å². The van der Waals surface area contributed by atoms with Gasteiger partial charge in [0, 0.05) is 12.0 Å². The average Bonchev–Trinajstić information content (AvgIpc) is 3.38. The molecule has 0 aliphatic carbocycles. The van der Waals surface area contributed by atoms with Crippen LogP contribution in [0.25, 0.3) is 10.4 Å². The molecule has 0 spiro atoms. The monoisotopic (exact) mass is 576 g/mol. The molecule has 2 amide bonds. The Hall–Kier alpha value is -3.43. The van der Waals surface area contributed by atoms with Crippen LogP contribution in [0, 0.1) is 5.41 Å². The Labute approximate surface area is 246 Å². The molecule has 218 valence electrons. The standard InChI is InChI=1S/C32H40N4O4S/c1-31(2,3)40-30(38)36(19-10-13-24-11-6-4-7-12-24)28-33-27(26(41-28)25-14-8-5-9-15-25)34-29(37)39-23-32-16-20-35(21-17-32)22-18-32/h4-9,11-12,14-15H,10,13,16-23H2,1-3H3,(H,34,37). The minimum atomic E-state index is -0.659. The second kappa shape index (κ2) is 12.6. The number of rotatable bonds is 9. The number of aryl methyl sites for hydroxylation is 1. The molecule has 0 radical (unpaired) electrons. The first kappa shape index (κ1) is 29.1. The van der Waals surface area contributed by atoms with Crippen molar-refractivity contribution in [3.63, 3.8) is 0 Å². The number of piperidine rings is 3. The third-order valence-corrected chi connectivity index (χ3v) is 8.92. The van der Waals surface area contributed by atoms with E-state index in [1.165, 1.54) is 16.9 Å². The van der Waals surface area contributed by atoms with Gasteiger partial charge in [-0.05, 0) is 83.6 Å². The molecule has 3 aliphatic heterocycles. The summed E-state index contributed by atoms with van der Waals surface area (Å²) in [6.45, 7) is 9.60. The lowest BCUT2D eigenvalue weighted by Gasteiger charge is -2.47. The van der Waals surface area contributed by atoms with Gasteiger partial charge in [-0.2, -0.15) is 0 Å². The van der Waals surface area contributed by atoms with E-state index in [0.717, 1.165) is 62.2 Å². The number of thiazole rings is 1. The normalized spacial score (nSPS) is 19.9. The predicted molar refractivity (Wildman–Crippen MR) is 164 cm³/mol. The second-order valence-corrected chi connectivity index (χ2v) is 13.0. The third kappa shape index (κ3) is 7.65. The van der Waals surface area contributed by atoms with Gasteiger partial charge in [0.25, 0.3) is 0 Å². The fraction of sp³-hybridized carbons (Fsp3) is 0.469. The van der Waals surface area contributed by atoms with Crippen molar-refractivity contribution < 1.29 is 19.1 Å². The molecule has 0 unspecified atom stereocenters. The van der Waals surface area contributed by atoms with Gasteiger partial charge in [-0.3, -0.25) is 10.2 Å². The van der Waals surface area contributed by atoms with Crippen molar-refractivity contribution in [1.29, 1.82) is 0 Å². The molecule has 2 aromatic carbocycles. The van der Waals surface area contributed by atoms with Crippen LogP contribution in [-0.4, -0.2) is 60.5 Å². The second-order valence-electron chi connectivity index (χ2n) is 12.1. The first-order valence-corrected chi connectivity index (χ1v) is 15.3. The third-order valence-electron chi connectivity index (χ3n) is 7.79. The van der Waals surface area contributed by atoms with Crippen LogP contribution >= 0.6 is 11.3 Å². The van der Waals surface area contributed by atoms with Gasteiger partial charge in [-0.25, -0.2) is 14.6 Å². The summed E-state index contributed by atoms with van der Waals surface area (Å²) in [5.41, 5.74) is 1.52. The average molecular weight is 577 g/mol. The van der Waals surface area contributed by atoms with Crippen molar-refractivity contribution in [3.8, 4) is 10.4 Å². The SMILES string of the molecule is CC(C)(C)OC(=O)N(CCCc1ccccc1)c1nc(NC(=O)OCC23CCN(CC2)CC3)c(-c2ccccc2)s1. The summed E-state index contributed by atoms with van der Waals surface area (Å²) in [6.07, 6.45) is 3.74. The molecular weight excluding hydrogens is 536 g/mol. The Morgan fingerprint density at radius 2 is 1.63 bits per heavy atom. The number of anilines is 2. The number of fused-ring (bicyclic) bond motifs is 3. The smallest absolute Gasteiger partial charge is 0.416 e. The zero-order chi connectivity index (χ0) is 28.9. The van der Waals surface area contributed by atoms with Crippen LogP contribution < -0.4 is 10.2 Å². The summed E-state index contributed by atoms with van der Waals surface area (Å²) in [5.74, 6) is 0.383. The summed E-state index contributed by atoms with van der Waals surface area (Å²) >= 11 is 1.36. The van der Waals surface area contributed by atoms with E-state index in [1.807, 2.05) is 69.3 Å². The van der Waals surface area contributed by atoms with Crippen LogP contribution in [0.1, 0.15) is 52.0 Å². The number of nitrogens with one attached hydrogen (secondary N) is 1. The molecule has 41 heavy (non-hydrogen) atoms. The van der Waals surface area contributed by atoms with Crippen LogP contribution in [0.5, 0.6) is 0 Å². The topological polar surface area (TPSA) is 84.0 Å². The Morgan fingerprint density at radius 1 is 1.00 bits per heavy atom. The summed E-state index contributed by atoms with van der Waals surface area (Å²) in [6, 6.07) is 20.0. The predicted octanol–water partition coefficient (Wildman–Crippen LogP) is 7.22. The molecule has 0 atom stereocenters. The molecule has 1 aromatic heterocycles. The van der Waals surface area contributed by atoms with Gasteiger partial charge in [-0.1, -0.05) is 72.0 Å². The van der Waals surface area contributed by atoms with Crippen LogP contribution in [0.3, 0.4) is 0 Å². The highest BCUT2D eigenvalue weighted by atomic mass is 32.1. The molecule has 3 aliphatic rings. The Kier molecular flexibility index (Phi) is 8.94. The van der Waals surface area contributed by atoms with E-state index in [-0.39, 0.29) is 5.41 Å². The van der Waals surface area contributed by atoms with E-state index in [9.17, 15) is 9.59 Å². The van der Waals surface area contributed by atoms with Crippen LogP contribution in [-0.2, 0) is 15.9 Å². The van der Waals surface area contributed by atoms with Crippen molar-refractivity contribution in [2.75, 3.05) is 43.0 Å². The van der Waals surface area contributed by atoms with E-state index in [0.29, 0.717) is 24.1 Å². The number of hydrogen-bond acceptors (Lipinski definition) is 7. The van der Waals surface area contributed by atoms with Gasteiger partial charge < -0.3 is 14.4 Å². The zero-order valence-electron chi connectivity index (χ0n) is 24.2. The molecule has 2 bridgehead atoms. The minimum Gasteiger partial charge on any atom is -0.449 e. The van der Waals surface area contributed by atoms with Crippen LogP contribution in [0.2, 0.25) is 0 Å². The van der Waals surface area contributed by atoms with Crippen LogP contribution in [0.4, 0.5) is 20.5 Å². The molecule has 4 heterocycles. The molecule has 3 fully saturated rings. The molecule has 3 saturated heterocycles. The first-order valence-electron chi connectivity index (χ1n) is 14.5. The Balaban J connectivity index is 1.36. The van der Waals surface area contributed by atoms with Gasteiger partial charge >= 0.3 is 12.2 Å². The number of hydrogen-bond donors (Lipinski definition) is 1. The molecular formula is C32H40N4O4S. The molecule has 6 rings (SSSR count). The maximum absolute atomic E-state index is 13.4. The highest BCUT2D eigenvalue weighted by molar-refractivity contribution is 7.19. The number of benzene rings is 2. The van der Waals surface area contributed by atoms with E-state index >= 15 is 0 Å². The lowest BCUT2D eigenvalue weighted by atomic mass is 9.73. The summed E-state index contributed by atoms with van der Waals surface area (Å²) in [5, 5.41) is 3.37. The van der Waals surface area contributed by atoms with E-state index < -0.39 is 17.8 Å². The molecule has 9 heteroatoms. The number of carbonyl (C=O) groups excluding carboxylic acids is 2. The molecule has 0 saturated carbocycles. The van der Waals surface area contributed by atoms with Gasteiger partial charge in [-0.15, -0.1) is 0 Å². The van der Waals surface area contributed by atoms with Crippen molar-refractivity contribution in [2.24, 2.45) is 5.41 Å². The molecule has 3 aromatic rings. The minimum absolute atomic E-state index is 0.0772. The summed E-state index contributed by atoms with van der Waals surface area (Å²) in [7, 11) is 0. The maximum Gasteiger partial charge on any atom is 0.416 e. The lowest BCUT2D eigenvalue weighted by molar-refractivity contribution is -0.0190.